The molecule has 1 heterocycles. The van der Waals surface area contributed by atoms with E-state index in [9.17, 15) is 4.39 Å². The largest absolute Gasteiger partial charge is 0.396 e. The van der Waals surface area contributed by atoms with Crippen LogP contribution in [0.5, 0.6) is 0 Å². The van der Waals surface area contributed by atoms with Gasteiger partial charge in [-0.05, 0) is 24.6 Å². The van der Waals surface area contributed by atoms with Gasteiger partial charge in [-0.2, -0.15) is 5.10 Å². The minimum Gasteiger partial charge on any atom is -0.396 e. The Morgan fingerprint density at radius 2 is 2.25 bits per heavy atom. The van der Waals surface area contributed by atoms with Crippen molar-refractivity contribution in [1.82, 2.24) is 9.78 Å². The topological polar surface area (TPSA) is 43.8 Å². The number of nitrogens with zero attached hydrogens (tertiary/aromatic N) is 2. The normalized spacial score (nSPS) is 12.7. The molecule has 5 heteroatoms. The van der Waals surface area contributed by atoms with Crippen molar-refractivity contribution in [2.24, 2.45) is 0 Å². The van der Waals surface area contributed by atoms with Gasteiger partial charge in [-0.25, -0.2) is 4.39 Å². The summed E-state index contributed by atoms with van der Waals surface area (Å²) in [7, 11) is 0. The molecule has 2 aromatic rings. The highest BCUT2D eigenvalue weighted by atomic mass is 35.5. The van der Waals surface area contributed by atoms with Gasteiger partial charge in [-0.15, -0.1) is 0 Å². The first-order valence-corrected chi connectivity index (χ1v) is 5.20. The maximum atomic E-state index is 12.9. The van der Waals surface area contributed by atoms with E-state index in [1.165, 1.54) is 12.1 Å². The Morgan fingerprint density at radius 3 is 2.81 bits per heavy atom. The molecule has 0 spiro atoms. The van der Waals surface area contributed by atoms with E-state index in [1.54, 1.807) is 23.1 Å². The van der Waals surface area contributed by atoms with Gasteiger partial charge in [-0.3, -0.25) is 4.68 Å². The molecule has 1 unspecified atom stereocenters. The van der Waals surface area contributed by atoms with E-state index < -0.39 is 0 Å². The molecule has 0 saturated carbocycles. The highest BCUT2D eigenvalue weighted by Crippen LogP contribution is 2.26. The van der Waals surface area contributed by atoms with Gasteiger partial charge >= 0.3 is 0 Å². The molecule has 16 heavy (non-hydrogen) atoms. The SMILES string of the molecule is CC(c1ccc(F)cc1Cl)n1cc(N)cn1. The van der Waals surface area contributed by atoms with E-state index >= 15 is 0 Å². The molecule has 0 aliphatic carbocycles. The summed E-state index contributed by atoms with van der Waals surface area (Å²) in [5.74, 6) is -0.346. The lowest BCUT2D eigenvalue weighted by atomic mass is 10.1. The van der Waals surface area contributed by atoms with Crippen molar-refractivity contribution in [3.63, 3.8) is 0 Å². The summed E-state index contributed by atoms with van der Waals surface area (Å²) in [5.41, 5.74) is 6.98. The van der Waals surface area contributed by atoms with Gasteiger partial charge in [0.2, 0.25) is 0 Å². The number of benzene rings is 1. The average Bonchev–Trinajstić information content (AvgIpc) is 2.64. The molecule has 1 aromatic carbocycles. The van der Waals surface area contributed by atoms with Crippen molar-refractivity contribution in [3.8, 4) is 0 Å². The molecule has 2 N–H and O–H groups in total. The number of anilines is 1. The first kappa shape index (κ1) is 11.0. The maximum absolute atomic E-state index is 12.9. The van der Waals surface area contributed by atoms with Gasteiger partial charge in [0.25, 0.3) is 0 Å². The molecule has 0 fully saturated rings. The smallest absolute Gasteiger partial charge is 0.124 e. The lowest BCUT2D eigenvalue weighted by Crippen LogP contribution is -2.07. The molecule has 0 radical (unpaired) electrons. The van der Waals surface area contributed by atoms with Crippen LogP contribution in [0.25, 0.3) is 0 Å². The van der Waals surface area contributed by atoms with Crippen LogP contribution in [0.3, 0.4) is 0 Å². The molecule has 1 aromatic heterocycles. The van der Waals surface area contributed by atoms with Gasteiger partial charge in [-0.1, -0.05) is 17.7 Å². The second kappa shape index (κ2) is 4.14. The molecule has 3 nitrogen and oxygen atoms in total. The number of hydrogen-bond acceptors (Lipinski definition) is 2. The first-order valence-electron chi connectivity index (χ1n) is 4.82. The summed E-state index contributed by atoms with van der Waals surface area (Å²) in [6, 6.07) is 4.25. The molecular formula is C11H11ClFN3. The van der Waals surface area contributed by atoms with E-state index in [4.69, 9.17) is 17.3 Å². The fraction of sp³-hybridized carbons (Fsp3) is 0.182. The fourth-order valence-corrected chi connectivity index (χ4v) is 1.87. The van der Waals surface area contributed by atoms with Crippen LogP contribution in [0.2, 0.25) is 5.02 Å². The minimum atomic E-state index is -0.346. The number of rotatable bonds is 2. The lowest BCUT2D eigenvalue weighted by Gasteiger charge is -2.14. The van der Waals surface area contributed by atoms with Crippen molar-refractivity contribution >= 4 is 17.3 Å². The van der Waals surface area contributed by atoms with Crippen LogP contribution in [0.15, 0.2) is 30.6 Å². The predicted octanol–water partition coefficient (Wildman–Crippen LogP) is 2.87. The van der Waals surface area contributed by atoms with Crippen LogP contribution < -0.4 is 5.73 Å². The van der Waals surface area contributed by atoms with E-state index in [1.807, 2.05) is 6.92 Å². The summed E-state index contributed by atoms with van der Waals surface area (Å²) in [4.78, 5) is 0. The number of nitrogens with two attached hydrogens (primary N) is 1. The first-order chi connectivity index (χ1) is 7.58. The van der Waals surface area contributed by atoms with Gasteiger partial charge < -0.3 is 5.73 Å². The van der Waals surface area contributed by atoms with Crippen LogP contribution >= 0.6 is 11.6 Å². The molecule has 0 aliphatic heterocycles. The molecule has 0 amide bonds. The summed E-state index contributed by atoms with van der Waals surface area (Å²) in [6.07, 6.45) is 3.28. The second-order valence-corrected chi connectivity index (χ2v) is 4.00. The van der Waals surface area contributed by atoms with Gasteiger partial charge in [0.1, 0.15) is 5.82 Å². The molecule has 0 bridgehead atoms. The summed E-state index contributed by atoms with van der Waals surface area (Å²) < 4.78 is 14.6. The van der Waals surface area contributed by atoms with E-state index in [0.29, 0.717) is 10.7 Å². The third-order valence-electron chi connectivity index (χ3n) is 2.43. The molecular weight excluding hydrogens is 229 g/mol. The number of aromatic nitrogens is 2. The summed E-state index contributed by atoms with van der Waals surface area (Å²) in [5, 5.41) is 4.49. The van der Waals surface area contributed by atoms with Gasteiger partial charge in [0.05, 0.1) is 17.9 Å². The number of nitrogen functional groups attached to an aromatic ring is 1. The summed E-state index contributed by atoms with van der Waals surface area (Å²) >= 11 is 5.97. The fourth-order valence-electron chi connectivity index (χ4n) is 1.55. The maximum Gasteiger partial charge on any atom is 0.124 e. The van der Waals surface area contributed by atoms with Crippen molar-refractivity contribution in [2.45, 2.75) is 13.0 Å². The van der Waals surface area contributed by atoms with Crippen molar-refractivity contribution < 1.29 is 4.39 Å². The Balaban J connectivity index is 2.37. The number of hydrogen-bond donors (Lipinski definition) is 1. The predicted molar refractivity (Wildman–Crippen MR) is 61.9 cm³/mol. The van der Waals surface area contributed by atoms with E-state index in [-0.39, 0.29) is 11.9 Å². The number of halogens is 2. The highest BCUT2D eigenvalue weighted by Gasteiger charge is 2.12. The van der Waals surface area contributed by atoms with Gasteiger partial charge in [0.15, 0.2) is 0 Å². The second-order valence-electron chi connectivity index (χ2n) is 3.60. The van der Waals surface area contributed by atoms with Crippen molar-refractivity contribution in [1.29, 1.82) is 0 Å². The Bertz CT molecular complexity index is 510. The Labute approximate surface area is 97.6 Å². The lowest BCUT2D eigenvalue weighted by molar-refractivity contribution is 0.562. The van der Waals surface area contributed by atoms with Crippen LogP contribution in [0.1, 0.15) is 18.5 Å². The zero-order valence-corrected chi connectivity index (χ0v) is 9.45. The molecule has 0 aliphatic rings. The standard InChI is InChI=1S/C11H11ClFN3/c1-7(16-6-9(14)5-15-16)10-3-2-8(13)4-11(10)12/h2-7H,14H2,1H3. The summed E-state index contributed by atoms with van der Waals surface area (Å²) in [6.45, 7) is 1.92. The third kappa shape index (κ3) is 2.02. The molecule has 2 rings (SSSR count). The zero-order chi connectivity index (χ0) is 11.7. The monoisotopic (exact) mass is 239 g/mol. The zero-order valence-electron chi connectivity index (χ0n) is 8.69. The van der Waals surface area contributed by atoms with Crippen LogP contribution in [-0.4, -0.2) is 9.78 Å². The van der Waals surface area contributed by atoms with Crippen LogP contribution in [-0.2, 0) is 0 Å². The van der Waals surface area contributed by atoms with E-state index in [0.717, 1.165) is 5.56 Å². The van der Waals surface area contributed by atoms with Crippen LogP contribution in [0.4, 0.5) is 10.1 Å². The van der Waals surface area contributed by atoms with Crippen molar-refractivity contribution in [3.05, 3.63) is 47.0 Å². The molecule has 84 valence electrons. The molecule has 0 saturated heterocycles. The van der Waals surface area contributed by atoms with Gasteiger partial charge in [0, 0.05) is 11.2 Å². The Morgan fingerprint density at radius 1 is 1.50 bits per heavy atom. The Hall–Kier alpha value is -1.55. The van der Waals surface area contributed by atoms with Crippen LogP contribution in [0, 0.1) is 5.82 Å². The Kier molecular flexibility index (Phi) is 2.83. The highest BCUT2D eigenvalue weighted by molar-refractivity contribution is 6.31. The third-order valence-corrected chi connectivity index (χ3v) is 2.76. The van der Waals surface area contributed by atoms with Crippen molar-refractivity contribution in [2.75, 3.05) is 5.73 Å². The molecule has 1 atom stereocenters. The van der Waals surface area contributed by atoms with E-state index in [2.05, 4.69) is 5.10 Å². The average molecular weight is 240 g/mol. The quantitative estimate of drug-likeness (QED) is 0.876. The minimum absolute atomic E-state index is 0.0783.